The minimum atomic E-state index is -0.0253. The normalized spacial score (nSPS) is 14.3. The molecule has 0 aromatic heterocycles. The first-order chi connectivity index (χ1) is 13.0. The number of benzene rings is 1. The Bertz CT molecular complexity index is 739. The molecule has 0 amide bonds. The van der Waals surface area contributed by atoms with Crippen molar-refractivity contribution in [2.24, 2.45) is 9.98 Å². The van der Waals surface area contributed by atoms with Crippen molar-refractivity contribution in [2.45, 2.75) is 96.8 Å². The molecule has 0 N–H and O–H groups in total. The van der Waals surface area contributed by atoms with E-state index < -0.39 is 0 Å². The fourth-order valence-corrected chi connectivity index (χ4v) is 4.27. The molecule has 0 aliphatic heterocycles. The van der Waals surface area contributed by atoms with Gasteiger partial charge in [-0.1, -0.05) is 65.7 Å². The first kappa shape index (κ1) is 21.3. The topological polar surface area (TPSA) is 58.9 Å². The van der Waals surface area contributed by atoms with E-state index in [1.807, 2.05) is 6.07 Å². The quantitative estimate of drug-likeness (QED) is 0.253. The van der Waals surface area contributed by atoms with Gasteiger partial charge in [0.2, 0.25) is 12.2 Å². The number of fused-ring (bicyclic) bond motifs is 1. The molecular formula is C23H32N2O2. The second kappa shape index (κ2) is 10.3. The summed E-state index contributed by atoms with van der Waals surface area (Å²) in [4.78, 5) is 30.0. The highest BCUT2D eigenvalue weighted by Crippen LogP contribution is 2.48. The number of carbonyl (C=O) groups excluding carboxylic acids is 2. The molecule has 0 saturated heterocycles. The fraction of sp³-hybridized carbons (Fsp3) is 0.652. The molecule has 0 bridgehead atoms. The van der Waals surface area contributed by atoms with E-state index in [4.69, 9.17) is 0 Å². The molecule has 0 fully saturated rings. The lowest BCUT2D eigenvalue weighted by molar-refractivity contribution is 0.522. The minimum Gasteiger partial charge on any atom is -0.211 e. The molecule has 1 aliphatic rings. The fourth-order valence-electron chi connectivity index (χ4n) is 4.27. The zero-order chi connectivity index (χ0) is 19.7. The number of aryl methyl sites for hydroxylation is 1. The number of unbranched alkanes of at least 4 members (excludes halogenated alkanes) is 7. The number of aliphatic imine (C=N–C) groups is 2. The molecule has 0 atom stereocenters. The van der Waals surface area contributed by atoms with E-state index in [1.54, 1.807) is 12.2 Å². The van der Waals surface area contributed by atoms with E-state index in [0.29, 0.717) is 11.4 Å². The number of nitrogens with zero attached hydrogens (tertiary/aromatic N) is 2. The second-order valence-electron chi connectivity index (χ2n) is 8.27. The van der Waals surface area contributed by atoms with Crippen molar-refractivity contribution in [3.8, 4) is 0 Å². The van der Waals surface area contributed by atoms with Crippen LogP contribution in [0.3, 0.4) is 0 Å². The van der Waals surface area contributed by atoms with Crippen molar-refractivity contribution in [3.05, 3.63) is 22.8 Å². The molecule has 4 nitrogen and oxygen atoms in total. The van der Waals surface area contributed by atoms with Crippen LogP contribution >= 0.6 is 0 Å². The van der Waals surface area contributed by atoms with Crippen LogP contribution in [0.2, 0.25) is 0 Å². The highest BCUT2D eigenvalue weighted by atomic mass is 16.1. The lowest BCUT2D eigenvalue weighted by atomic mass is 9.83. The van der Waals surface area contributed by atoms with Crippen molar-refractivity contribution >= 4 is 23.5 Å². The maximum Gasteiger partial charge on any atom is 0.240 e. The zero-order valence-electron chi connectivity index (χ0n) is 17.1. The molecule has 0 saturated carbocycles. The van der Waals surface area contributed by atoms with Crippen LogP contribution in [0.1, 0.15) is 95.2 Å². The molecule has 0 spiro atoms. The van der Waals surface area contributed by atoms with Crippen molar-refractivity contribution in [2.75, 3.05) is 0 Å². The molecule has 1 aromatic carbocycles. The second-order valence-corrected chi connectivity index (χ2v) is 8.27. The molecule has 1 aliphatic carbocycles. The van der Waals surface area contributed by atoms with Crippen LogP contribution in [-0.2, 0) is 27.8 Å². The van der Waals surface area contributed by atoms with Crippen LogP contribution < -0.4 is 0 Å². The van der Waals surface area contributed by atoms with Crippen LogP contribution in [0.4, 0.5) is 11.4 Å². The maximum atomic E-state index is 11.1. The lowest BCUT2D eigenvalue weighted by Crippen LogP contribution is -2.13. The Balaban J connectivity index is 2.16. The Morgan fingerprint density at radius 1 is 0.963 bits per heavy atom. The van der Waals surface area contributed by atoms with Gasteiger partial charge in [0.1, 0.15) is 0 Å². The van der Waals surface area contributed by atoms with E-state index >= 15 is 0 Å². The first-order valence-electron chi connectivity index (χ1n) is 10.4. The highest BCUT2D eigenvalue weighted by molar-refractivity contribution is 5.73. The third-order valence-corrected chi connectivity index (χ3v) is 5.76. The lowest BCUT2D eigenvalue weighted by Gasteiger charge is -2.23. The molecule has 0 radical (unpaired) electrons. The maximum absolute atomic E-state index is 11.1. The monoisotopic (exact) mass is 368 g/mol. The van der Waals surface area contributed by atoms with Gasteiger partial charge in [-0.3, -0.25) is 0 Å². The van der Waals surface area contributed by atoms with E-state index in [2.05, 4.69) is 30.8 Å². The van der Waals surface area contributed by atoms with Crippen molar-refractivity contribution in [1.82, 2.24) is 0 Å². The van der Waals surface area contributed by atoms with E-state index in [9.17, 15) is 9.59 Å². The van der Waals surface area contributed by atoms with Gasteiger partial charge in [-0.15, -0.1) is 0 Å². The predicted octanol–water partition coefficient (Wildman–Crippen LogP) is 6.53. The number of hydrogen-bond donors (Lipinski definition) is 0. The SMILES string of the molecule is CCCCCCCCCCc1c(N=C=O)cc2c(c1N=C=O)C(C)(C)CC2. The van der Waals surface area contributed by atoms with Gasteiger partial charge in [0, 0.05) is 5.56 Å². The number of isocyanates is 2. The van der Waals surface area contributed by atoms with Gasteiger partial charge < -0.3 is 0 Å². The Labute approximate surface area is 163 Å². The predicted molar refractivity (Wildman–Crippen MR) is 110 cm³/mol. The van der Waals surface area contributed by atoms with Gasteiger partial charge >= 0.3 is 0 Å². The Hall–Kier alpha value is -2.02. The zero-order valence-corrected chi connectivity index (χ0v) is 17.1. The van der Waals surface area contributed by atoms with Gasteiger partial charge in [-0.25, -0.2) is 9.59 Å². The van der Waals surface area contributed by atoms with Crippen LogP contribution in [0.25, 0.3) is 0 Å². The molecule has 1 aromatic rings. The van der Waals surface area contributed by atoms with Crippen LogP contribution in [0.15, 0.2) is 16.1 Å². The average molecular weight is 369 g/mol. The third-order valence-electron chi connectivity index (χ3n) is 5.76. The number of hydrogen-bond acceptors (Lipinski definition) is 4. The summed E-state index contributed by atoms with van der Waals surface area (Å²) in [6, 6.07) is 2.00. The van der Waals surface area contributed by atoms with Gasteiger partial charge in [0.25, 0.3) is 0 Å². The van der Waals surface area contributed by atoms with Gasteiger partial charge in [0.15, 0.2) is 0 Å². The molecule has 146 valence electrons. The van der Waals surface area contributed by atoms with Gasteiger partial charge in [-0.05, 0) is 48.3 Å². The summed E-state index contributed by atoms with van der Waals surface area (Å²) in [6.07, 6.45) is 16.0. The van der Waals surface area contributed by atoms with Crippen LogP contribution in [0, 0.1) is 0 Å². The summed E-state index contributed by atoms with van der Waals surface area (Å²) in [7, 11) is 0. The largest absolute Gasteiger partial charge is 0.240 e. The summed E-state index contributed by atoms with van der Waals surface area (Å²) in [5.41, 5.74) is 4.47. The summed E-state index contributed by atoms with van der Waals surface area (Å²) in [5.74, 6) is 0. The van der Waals surface area contributed by atoms with Gasteiger partial charge in [0.05, 0.1) is 11.4 Å². The smallest absolute Gasteiger partial charge is 0.211 e. The summed E-state index contributed by atoms with van der Waals surface area (Å²) in [6.45, 7) is 6.60. The highest BCUT2D eigenvalue weighted by Gasteiger charge is 2.34. The Morgan fingerprint density at radius 3 is 2.22 bits per heavy atom. The molecule has 27 heavy (non-hydrogen) atoms. The van der Waals surface area contributed by atoms with Crippen molar-refractivity contribution in [3.63, 3.8) is 0 Å². The summed E-state index contributed by atoms with van der Waals surface area (Å²) in [5, 5.41) is 0. The number of rotatable bonds is 11. The average Bonchev–Trinajstić information content (AvgIpc) is 2.94. The molecule has 0 unspecified atom stereocenters. The van der Waals surface area contributed by atoms with Gasteiger partial charge in [-0.2, -0.15) is 9.98 Å². The molecule has 2 rings (SSSR count). The van der Waals surface area contributed by atoms with E-state index in [-0.39, 0.29) is 5.41 Å². The van der Waals surface area contributed by atoms with Crippen molar-refractivity contribution in [1.29, 1.82) is 0 Å². The first-order valence-corrected chi connectivity index (χ1v) is 10.4. The molecule has 4 heteroatoms. The Kier molecular flexibility index (Phi) is 8.16. The standard InChI is InChI=1S/C23H32N2O2/c1-4-5-6-7-8-9-10-11-12-19-20(24-16-26)15-18-13-14-23(2,3)21(18)22(19)25-17-27/h15H,4-14H2,1-3H3. The third kappa shape index (κ3) is 5.48. The van der Waals surface area contributed by atoms with Crippen LogP contribution in [-0.4, -0.2) is 12.2 Å². The molecule has 0 heterocycles. The van der Waals surface area contributed by atoms with Crippen LogP contribution in [0.5, 0.6) is 0 Å². The van der Waals surface area contributed by atoms with E-state index in [1.165, 1.54) is 38.5 Å². The minimum absolute atomic E-state index is 0.0253. The van der Waals surface area contributed by atoms with E-state index in [0.717, 1.165) is 48.8 Å². The summed E-state index contributed by atoms with van der Waals surface area (Å²) < 4.78 is 0. The summed E-state index contributed by atoms with van der Waals surface area (Å²) >= 11 is 0. The Morgan fingerprint density at radius 2 is 1.59 bits per heavy atom. The van der Waals surface area contributed by atoms with Crippen molar-refractivity contribution < 1.29 is 9.59 Å². The molecular weight excluding hydrogens is 336 g/mol.